The van der Waals surface area contributed by atoms with Crippen molar-refractivity contribution in [3.63, 3.8) is 0 Å². The molecule has 0 amide bonds. The Hall–Kier alpha value is -9.70. The standard InChI is InChI=1S/C80H65BN2/c1-79(2,3)63-45-46-64(69(53-63)80(4,5)6)62-51-74-76-75(52-62)83(78-67(58-35-21-11-22-36-58)41-26-42-68(78)59-37-23-12-24-38-59)73-50-61(55-29-15-8-16-30-55)44-48-71(73)81(76)70-47-43-60(54-27-13-7-14-28-54)49-72(70)82(74)77-65(56-31-17-9-18-32-56)39-25-40-66(77)57-33-19-10-20-34-57/h7-53H,1-6H3/i7D,8D,13D,14D,15D,16D,25D,26D,27D,28D,29D,30D. The smallest absolute Gasteiger partial charge is 0.252 e. The predicted octanol–water partition coefficient (Wildman–Crippen LogP) is 20.0. The molecule has 12 aromatic rings. The molecule has 0 radical (unpaired) electrons. The van der Waals surface area contributed by atoms with Crippen molar-refractivity contribution in [2.24, 2.45) is 0 Å². The molecule has 2 nitrogen and oxygen atoms in total. The largest absolute Gasteiger partial charge is 0.310 e. The fraction of sp³-hybridized carbons (Fsp3) is 0.100. The average Bonchev–Trinajstić information content (AvgIpc) is 0.687. The summed E-state index contributed by atoms with van der Waals surface area (Å²) >= 11 is 0. The minimum Gasteiger partial charge on any atom is -0.310 e. The number of para-hydroxylation sites is 2. The molecule has 0 N–H and O–H groups in total. The van der Waals surface area contributed by atoms with Crippen molar-refractivity contribution in [1.82, 2.24) is 0 Å². The maximum absolute atomic E-state index is 9.68. The number of hydrogen-bond acceptors (Lipinski definition) is 2. The van der Waals surface area contributed by atoms with Gasteiger partial charge in [0.15, 0.2) is 0 Å². The minimum absolute atomic E-state index is 0.0269. The zero-order chi connectivity index (χ0) is 66.8. The number of fused-ring (bicyclic) bond motifs is 4. The summed E-state index contributed by atoms with van der Waals surface area (Å²) in [5.74, 6) is 0. The molecule has 0 spiro atoms. The average molecular weight is 1080 g/mol. The summed E-state index contributed by atoms with van der Waals surface area (Å²) in [6.07, 6.45) is 0. The lowest BCUT2D eigenvalue weighted by Gasteiger charge is -2.46. The Bertz CT molecular complexity index is 4670. The Balaban J connectivity index is 1.23. The lowest BCUT2D eigenvalue weighted by molar-refractivity contribution is 0.570. The van der Waals surface area contributed by atoms with E-state index in [9.17, 15) is 8.22 Å². The Morgan fingerprint density at radius 3 is 1.04 bits per heavy atom. The summed E-state index contributed by atoms with van der Waals surface area (Å²) in [6, 6.07) is 66.7. The molecule has 0 aromatic heterocycles. The third kappa shape index (κ3) is 9.18. The van der Waals surface area contributed by atoms with E-state index in [0.717, 1.165) is 106 Å². The summed E-state index contributed by atoms with van der Waals surface area (Å²) < 4.78 is 111. The third-order valence-electron chi connectivity index (χ3n) is 16.4. The van der Waals surface area contributed by atoms with Gasteiger partial charge in [-0.15, -0.1) is 0 Å². The van der Waals surface area contributed by atoms with E-state index in [-0.39, 0.29) is 52.8 Å². The molecule has 0 aliphatic carbocycles. The van der Waals surface area contributed by atoms with Crippen LogP contribution in [0.3, 0.4) is 0 Å². The normalized spacial score (nSPS) is 14.7. The molecule has 2 aliphatic rings. The summed E-state index contributed by atoms with van der Waals surface area (Å²) in [5.41, 5.74) is 17.1. The first kappa shape index (κ1) is 39.7. The van der Waals surface area contributed by atoms with Gasteiger partial charge < -0.3 is 9.80 Å². The molecule has 83 heavy (non-hydrogen) atoms. The van der Waals surface area contributed by atoms with Crippen LogP contribution in [0, 0.1) is 0 Å². The van der Waals surface area contributed by atoms with Gasteiger partial charge in [0.1, 0.15) is 0 Å². The van der Waals surface area contributed by atoms with E-state index in [2.05, 4.69) is 81.7 Å². The van der Waals surface area contributed by atoms with Gasteiger partial charge in [-0.05, 0) is 118 Å². The van der Waals surface area contributed by atoms with Crippen molar-refractivity contribution in [2.75, 3.05) is 9.80 Å². The van der Waals surface area contributed by atoms with E-state index in [1.54, 1.807) is 0 Å². The van der Waals surface area contributed by atoms with Crippen LogP contribution in [0.25, 0.3) is 77.9 Å². The Morgan fingerprint density at radius 1 is 0.301 bits per heavy atom. The molecule has 14 rings (SSSR count). The van der Waals surface area contributed by atoms with Crippen LogP contribution in [0.1, 0.15) is 69.1 Å². The van der Waals surface area contributed by atoms with Crippen molar-refractivity contribution in [2.45, 2.75) is 52.4 Å². The zero-order valence-corrected chi connectivity index (χ0v) is 47.2. The monoisotopic (exact) mass is 1080 g/mol. The fourth-order valence-electron chi connectivity index (χ4n) is 12.4. The van der Waals surface area contributed by atoms with Crippen molar-refractivity contribution in [3.8, 4) is 77.9 Å². The highest BCUT2D eigenvalue weighted by Crippen LogP contribution is 2.54. The van der Waals surface area contributed by atoms with Gasteiger partial charge in [0.25, 0.3) is 6.71 Å². The highest BCUT2D eigenvalue weighted by molar-refractivity contribution is 7.00. The van der Waals surface area contributed by atoms with E-state index >= 15 is 0 Å². The van der Waals surface area contributed by atoms with Crippen LogP contribution in [-0.4, -0.2) is 6.71 Å². The molecule has 0 unspecified atom stereocenters. The Kier molecular flexibility index (Phi) is 9.88. The number of hydrogen-bond donors (Lipinski definition) is 0. The van der Waals surface area contributed by atoms with Crippen LogP contribution >= 0.6 is 0 Å². The van der Waals surface area contributed by atoms with E-state index < -0.39 is 48.4 Å². The minimum atomic E-state index is -0.660. The van der Waals surface area contributed by atoms with Gasteiger partial charge in [-0.25, -0.2) is 0 Å². The molecule has 0 atom stereocenters. The van der Waals surface area contributed by atoms with Gasteiger partial charge in [0.05, 0.1) is 27.8 Å². The van der Waals surface area contributed by atoms with Crippen LogP contribution in [0.5, 0.6) is 0 Å². The van der Waals surface area contributed by atoms with Gasteiger partial charge >= 0.3 is 0 Å². The van der Waals surface area contributed by atoms with Gasteiger partial charge in [0.2, 0.25) is 0 Å². The third-order valence-corrected chi connectivity index (χ3v) is 16.4. The maximum Gasteiger partial charge on any atom is 0.252 e. The van der Waals surface area contributed by atoms with E-state index in [4.69, 9.17) is 8.22 Å². The quantitative estimate of drug-likeness (QED) is 0.133. The van der Waals surface area contributed by atoms with Gasteiger partial charge in [-0.3, -0.25) is 0 Å². The van der Waals surface area contributed by atoms with Crippen molar-refractivity contribution < 1.29 is 16.4 Å². The van der Waals surface area contributed by atoms with Gasteiger partial charge in [0, 0.05) is 45.0 Å². The molecule has 2 aliphatic heterocycles. The van der Waals surface area contributed by atoms with E-state index in [0.29, 0.717) is 22.5 Å². The lowest BCUT2D eigenvalue weighted by Crippen LogP contribution is -2.61. The second-order valence-electron chi connectivity index (χ2n) is 23.6. The fourth-order valence-corrected chi connectivity index (χ4v) is 12.4. The summed E-state index contributed by atoms with van der Waals surface area (Å²) in [4.78, 5) is 4.54. The SMILES string of the molecule is [2H]c1cc(-c2ccccc2)c(N2c3cc(-c4c([2H])c([2H])c([2H])c([2H])c4[2H])ccc3B3c4ccc(-c5c([2H])c([2H])c([2H])c([2H])c5[2H])cc4N(c4c(-c5ccccc5)cc([2H])cc4-c4ccccc4)c4cc(-c5ccc(C(C)(C)C)cc5C(C)(C)C)cc2c43)c(-c2ccccc2)c1. The second kappa shape index (κ2) is 20.7. The molecule has 398 valence electrons. The zero-order valence-electron chi connectivity index (χ0n) is 59.2. The molecule has 0 bridgehead atoms. The number of anilines is 6. The topological polar surface area (TPSA) is 6.48 Å². The van der Waals surface area contributed by atoms with Crippen LogP contribution in [0.15, 0.2) is 285 Å². The van der Waals surface area contributed by atoms with Gasteiger partial charge in [-0.2, -0.15) is 0 Å². The molecule has 2 heterocycles. The molecular weight excluding hydrogens is 1000 g/mol. The molecule has 0 saturated heterocycles. The van der Waals surface area contributed by atoms with Crippen molar-refractivity contribution >= 4 is 57.2 Å². The lowest BCUT2D eigenvalue weighted by atomic mass is 9.33. The number of benzene rings is 12. The molecular formula is C80H65BN2. The molecule has 12 aromatic carbocycles. The number of rotatable bonds is 9. The van der Waals surface area contributed by atoms with E-state index in [1.807, 2.05) is 182 Å². The maximum atomic E-state index is 9.68. The van der Waals surface area contributed by atoms with Crippen LogP contribution in [0.4, 0.5) is 34.1 Å². The first-order valence-electron chi connectivity index (χ1n) is 34.3. The van der Waals surface area contributed by atoms with Crippen LogP contribution < -0.4 is 26.2 Å². The Morgan fingerprint density at radius 2 is 0.675 bits per heavy atom. The molecule has 0 fully saturated rings. The Labute approximate surface area is 507 Å². The first-order valence-corrected chi connectivity index (χ1v) is 28.3. The van der Waals surface area contributed by atoms with Crippen molar-refractivity contribution in [3.05, 3.63) is 296 Å². The molecule has 0 saturated carbocycles. The predicted molar refractivity (Wildman–Crippen MR) is 356 cm³/mol. The summed E-state index contributed by atoms with van der Waals surface area (Å²) in [6.45, 7) is 12.7. The van der Waals surface area contributed by atoms with Gasteiger partial charge in [-0.1, -0.05) is 302 Å². The van der Waals surface area contributed by atoms with E-state index in [1.165, 1.54) is 0 Å². The highest BCUT2D eigenvalue weighted by atomic mass is 15.2. The second-order valence-corrected chi connectivity index (χ2v) is 23.6. The van der Waals surface area contributed by atoms with Crippen molar-refractivity contribution in [1.29, 1.82) is 0 Å². The van der Waals surface area contributed by atoms with Crippen LogP contribution in [-0.2, 0) is 10.8 Å². The first-order chi connectivity index (χ1) is 45.4. The highest BCUT2D eigenvalue weighted by Gasteiger charge is 2.46. The molecule has 3 heteroatoms. The van der Waals surface area contributed by atoms with Crippen LogP contribution in [0.2, 0.25) is 0 Å². The summed E-state index contributed by atoms with van der Waals surface area (Å²) in [5, 5.41) is 0. The number of nitrogens with zero attached hydrogens (tertiary/aromatic N) is 2. The summed E-state index contributed by atoms with van der Waals surface area (Å²) in [7, 11) is 0.